The zero-order valence-corrected chi connectivity index (χ0v) is 20.1. The summed E-state index contributed by atoms with van der Waals surface area (Å²) in [5.41, 5.74) is 2.15. The topological polar surface area (TPSA) is 84.3 Å². The SMILES string of the molecule is CCc1cc2c(=O)n(Cc3ccccc3)c(SCC(=O)N3CC(=O)Nc4ccccc43)nc2s1. The molecule has 7 nitrogen and oxygen atoms in total. The Bertz CT molecular complexity index is 1450. The van der Waals surface area contributed by atoms with Crippen LogP contribution in [0.2, 0.25) is 0 Å². The van der Waals surface area contributed by atoms with Crippen LogP contribution in [0.25, 0.3) is 10.2 Å². The Morgan fingerprint density at radius 2 is 1.88 bits per heavy atom. The molecule has 3 heterocycles. The van der Waals surface area contributed by atoms with Gasteiger partial charge in [-0.25, -0.2) is 4.98 Å². The zero-order chi connectivity index (χ0) is 23.7. The fourth-order valence-corrected chi connectivity index (χ4v) is 5.78. The van der Waals surface area contributed by atoms with Gasteiger partial charge in [-0.2, -0.15) is 0 Å². The van der Waals surface area contributed by atoms with E-state index in [1.807, 2.05) is 61.5 Å². The Labute approximate surface area is 204 Å². The number of aryl methyl sites for hydroxylation is 1. The molecule has 0 radical (unpaired) electrons. The number of carbonyl (C=O) groups excluding carboxylic acids is 2. The third-order valence-electron chi connectivity index (χ3n) is 5.60. The second-order valence-electron chi connectivity index (χ2n) is 7.89. The van der Waals surface area contributed by atoms with E-state index in [4.69, 9.17) is 4.98 Å². The average molecular weight is 491 g/mol. The molecule has 2 aromatic heterocycles. The van der Waals surface area contributed by atoms with Crippen LogP contribution in [0.5, 0.6) is 0 Å². The molecule has 0 unspecified atom stereocenters. The lowest BCUT2D eigenvalue weighted by Crippen LogP contribution is -2.43. The van der Waals surface area contributed by atoms with Gasteiger partial charge in [0, 0.05) is 4.88 Å². The first-order valence-electron chi connectivity index (χ1n) is 10.9. The van der Waals surface area contributed by atoms with Gasteiger partial charge in [0.15, 0.2) is 5.16 Å². The number of rotatable bonds is 6. The number of hydrogen-bond donors (Lipinski definition) is 1. The van der Waals surface area contributed by atoms with Crippen molar-refractivity contribution in [3.05, 3.63) is 81.5 Å². The van der Waals surface area contributed by atoms with Gasteiger partial charge < -0.3 is 10.2 Å². The minimum absolute atomic E-state index is 0.0372. The number of nitrogens with one attached hydrogen (secondary N) is 1. The number of carbonyl (C=O) groups is 2. The Morgan fingerprint density at radius 3 is 2.68 bits per heavy atom. The fourth-order valence-electron chi connectivity index (χ4n) is 3.90. The van der Waals surface area contributed by atoms with E-state index in [-0.39, 0.29) is 29.7 Å². The Kier molecular flexibility index (Phi) is 6.21. The molecule has 0 spiro atoms. The molecule has 172 valence electrons. The smallest absolute Gasteiger partial charge is 0.263 e. The number of hydrogen-bond acceptors (Lipinski definition) is 6. The lowest BCUT2D eigenvalue weighted by Gasteiger charge is -2.29. The lowest BCUT2D eigenvalue weighted by molar-refractivity contribution is -0.120. The molecule has 34 heavy (non-hydrogen) atoms. The van der Waals surface area contributed by atoms with E-state index in [2.05, 4.69) is 5.32 Å². The number of amides is 2. The van der Waals surface area contributed by atoms with Gasteiger partial charge in [-0.3, -0.25) is 19.0 Å². The highest BCUT2D eigenvalue weighted by molar-refractivity contribution is 7.99. The Balaban J connectivity index is 1.47. The predicted octanol–water partition coefficient (Wildman–Crippen LogP) is 4.15. The first-order chi connectivity index (χ1) is 16.5. The quantitative estimate of drug-likeness (QED) is 0.324. The van der Waals surface area contributed by atoms with Crippen LogP contribution in [-0.2, 0) is 22.6 Å². The van der Waals surface area contributed by atoms with Crippen LogP contribution in [0.3, 0.4) is 0 Å². The van der Waals surface area contributed by atoms with Gasteiger partial charge in [-0.05, 0) is 30.2 Å². The molecule has 0 atom stereocenters. The average Bonchev–Trinajstić information content (AvgIpc) is 3.28. The van der Waals surface area contributed by atoms with Crippen molar-refractivity contribution >= 4 is 56.5 Å². The first kappa shape index (κ1) is 22.4. The van der Waals surface area contributed by atoms with Gasteiger partial charge >= 0.3 is 0 Å². The van der Waals surface area contributed by atoms with E-state index in [0.717, 1.165) is 16.9 Å². The summed E-state index contributed by atoms with van der Waals surface area (Å²) in [5, 5.41) is 3.90. The molecule has 2 amide bonds. The van der Waals surface area contributed by atoms with Gasteiger partial charge in [-0.15, -0.1) is 11.3 Å². The van der Waals surface area contributed by atoms with Gasteiger partial charge in [0.2, 0.25) is 11.8 Å². The molecule has 0 saturated heterocycles. The molecule has 1 aliphatic rings. The number of thiophene rings is 1. The molecule has 5 rings (SSSR count). The van der Waals surface area contributed by atoms with E-state index in [0.29, 0.717) is 33.3 Å². The summed E-state index contributed by atoms with van der Waals surface area (Å²) in [6.45, 7) is 2.38. The molecule has 1 aliphatic heterocycles. The van der Waals surface area contributed by atoms with Crippen molar-refractivity contribution in [3.63, 3.8) is 0 Å². The molecule has 2 aromatic carbocycles. The molecule has 9 heteroatoms. The number of nitrogens with zero attached hydrogens (tertiary/aromatic N) is 3. The van der Waals surface area contributed by atoms with Crippen LogP contribution in [0.1, 0.15) is 17.4 Å². The highest BCUT2D eigenvalue weighted by atomic mass is 32.2. The Hall–Kier alpha value is -3.43. The van der Waals surface area contributed by atoms with Crippen LogP contribution >= 0.6 is 23.1 Å². The summed E-state index contributed by atoms with van der Waals surface area (Å²) >= 11 is 2.73. The van der Waals surface area contributed by atoms with Crippen LogP contribution in [0.15, 0.2) is 70.6 Å². The van der Waals surface area contributed by atoms with E-state index in [1.54, 1.807) is 10.6 Å². The van der Waals surface area contributed by atoms with E-state index < -0.39 is 0 Å². The molecular weight excluding hydrogens is 468 g/mol. The van der Waals surface area contributed by atoms with Crippen molar-refractivity contribution < 1.29 is 9.59 Å². The maximum absolute atomic E-state index is 13.4. The zero-order valence-electron chi connectivity index (χ0n) is 18.5. The van der Waals surface area contributed by atoms with E-state index in [9.17, 15) is 14.4 Å². The fraction of sp³-hybridized carbons (Fsp3) is 0.200. The van der Waals surface area contributed by atoms with Gasteiger partial charge in [0.1, 0.15) is 11.4 Å². The molecule has 0 bridgehead atoms. The molecule has 0 aliphatic carbocycles. The number of fused-ring (bicyclic) bond motifs is 2. The van der Waals surface area contributed by atoms with Crippen molar-refractivity contribution in [2.24, 2.45) is 0 Å². The lowest BCUT2D eigenvalue weighted by atomic mass is 10.2. The standard InChI is InChI=1S/C25H22N4O3S2/c1-2-17-12-18-23(34-17)27-25(29(24(18)32)13-16-8-4-3-5-9-16)33-15-22(31)28-14-21(30)26-19-10-6-7-11-20(19)28/h3-12H,2,13-15H2,1H3,(H,26,30). The first-order valence-corrected chi connectivity index (χ1v) is 12.7. The van der Waals surface area contributed by atoms with Crippen LogP contribution in [0, 0.1) is 0 Å². The van der Waals surface area contributed by atoms with Crippen LogP contribution in [-0.4, -0.2) is 33.7 Å². The molecule has 1 N–H and O–H groups in total. The van der Waals surface area contributed by atoms with E-state index >= 15 is 0 Å². The van der Waals surface area contributed by atoms with Crippen molar-refractivity contribution in [1.29, 1.82) is 0 Å². The minimum atomic E-state index is -0.233. The van der Waals surface area contributed by atoms with Gasteiger partial charge in [0.05, 0.1) is 29.1 Å². The predicted molar refractivity (Wildman–Crippen MR) is 137 cm³/mol. The second kappa shape index (κ2) is 9.44. The van der Waals surface area contributed by atoms with Crippen LogP contribution in [0.4, 0.5) is 11.4 Å². The van der Waals surface area contributed by atoms with Gasteiger partial charge in [0.25, 0.3) is 5.56 Å². The number of aromatic nitrogens is 2. The molecular formula is C25H22N4O3S2. The normalized spacial score (nSPS) is 13.1. The minimum Gasteiger partial charge on any atom is -0.323 e. The molecule has 4 aromatic rings. The summed E-state index contributed by atoms with van der Waals surface area (Å²) in [6.07, 6.45) is 0.830. The number of para-hydroxylation sites is 2. The summed E-state index contributed by atoms with van der Waals surface area (Å²) in [4.78, 5) is 46.7. The third-order valence-corrected chi connectivity index (χ3v) is 7.73. The molecule has 0 fully saturated rings. The van der Waals surface area contributed by atoms with Crippen LogP contribution < -0.4 is 15.8 Å². The third kappa shape index (κ3) is 4.36. The summed E-state index contributed by atoms with van der Waals surface area (Å²) in [6, 6.07) is 18.9. The maximum atomic E-state index is 13.4. The van der Waals surface area contributed by atoms with E-state index in [1.165, 1.54) is 28.0 Å². The number of thioether (sulfide) groups is 1. The number of anilines is 2. The van der Waals surface area contributed by atoms with Gasteiger partial charge in [-0.1, -0.05) is 61.2 Å². The maximum Gasteiger partial charge on any atom is 0.263 e. The monoisotopic (exact) mass is 490 g/mol. The summed E-state index contributed by atoms with van der Waals surface area (Å²) < 4.78 is 1.64. The number of benzene rings is 2. The summed E-state index contributed by atoms with van der Waals surface area (Å²) in [5.74, 6) is -0.392. The van der Waals surface area contributed by atoms with Crippen molar-refractivity contribution in [2.45, 2.75) is 25.0 Å². The molecule has 0 saturated carbocycles. The van der Waals surface area contributed by atoms with Crippen molar-refractivity contribution in [1.82, 2.24) is 9.55 Å². The highest BCUT2D eigenvalue weighted by Crippen LogP contribution is 2.30. The second-order valence-corrected chi connectivity index (χ2v) is 9.95. The highest BCUT2D eigenvalue weighted by Gasteiger charge is 2.27. The van der Waals surface area contributed by atoms with Crippen molar-refractivity contribution in [3.8, 4) is 0 Å². The van der Waals surface area contributed by atoms with Crippen molar-refractivity contribution in [2.75, 3.05) is 22.5 Å². The summed E-state index contributed by atoms with van der Waals surface area (Å²) in [7, 11) is 0. The Morgan fingerprint density at radius 1 is 1.12 bits per heavy atom. The largest absolute Gasteiger partial charge is 0.323 e.